The molecule has 0 atom stereocenters. The number of aromatic nitrogens is 2. The molecule has 15 heavy (non-hydrogen) atoms. The zero-order chi connectivity index (χ0) is 11.0. The van der Waals surface area contributed by atoms with Gasteiger partial charge in [-0.15, -0.1) is 0 Å². The predicted molar refractivity (Wildman–Crippen MR) is 63.9 cm³/mol. The van der Waals surface area contributed by atoms with Crippen molar-refractivity contribution in [3.8, 4) is 5.69 Å². The van der Waals surface area contributed by atoms with Crippen LogP contribution in [0.25, 0.3) is 5.69 Å². The van der Waals surface area contributed by atoms with E-state index in [0.29, 0.717) is 0 Å². The van der Waals surface area contributed by atoms with Crippen molar-refractivity contribution in [3.63, 3.8) is 0 Å². The summed E-state index contributed by atoms with van der Waals surface area (Å²) in [6, 6.07) is 2.18. The van der Waals surface area contributed by atoms with Gasteiger partial charge < -0.3 is 0 Å². The van der Waals surface area contributed by atoms with Crippen LogP contribution in [0.4, 0.5) is 8.78 Å². The van der Waals surface area contributed by atoms with Crippen molar-refractivity contribution in [1.29, 1.82) is 0 Å². The Kier molecular flexibility index (Phi) is 3.06. The molecule has 0 spiro atoms. The number of halogens is 4. The largest absolute Gasteiger partial charge is 0.237 e. The molecule has 0 unspecified atom stereocenters. The molecule has 0 amide bonds. The van der Waals surface area contributed by atoms with Crippen molar-refractivity contribution >= 4 is 38.5 Å². The van der Waals surface area contributed by atoms with Gasteiger partial charge in [0.05, 0.1) is 14.2 Å². The summed E-state index contributed by atoms with van der Waals surface area (Å²) in [5.74, 6) is -1.04. The molecule has 0 fully saturated rings. The highest BCUT2D eigenvalue weighted by Crippen LogP contribution is 2.22. The SMILES string of the molecule is Fc1cc(-n2cc(I)cn2)c(F)cc1Br. The van der Waals surface area contributed by atoms with Gasteiger partial charge in [-0.3, -0.25) is 0 Å². The van der Waals surface area contributed by atoms with Gasteiger partial charge in [0.25, 0.3) is 0 Å². The molecule has 0 saturated heterocycles. The van der Waals surface area contributed by atoms with E-state index in [4.69, 9.17) is 0 Å². The highest BCUT2D eigenvalue weighted by molar-refractivity contribution is 14.1. The van der Waals surface area contributed by atoms with Gasteiger partial charge in [-0.2, -0.15) is 5.10 Å². The van der Waals surface area contributed by atoms with E-state index in [0.717, 1.165) is 15.7 Å². The number of nitrogens with zero attached hydrogens (tertiary/aromatic N) is 2. The molecule has 0 aliphatic heterocycles. The van der Waals surface area contributed by atoms with Gasteiger partial charge in [0.1, 0.15) is 17.3 Å². The van der Waals surface area contributed by atoms with Gasteiger partial charge in [0.15, 0.2) is 0 Å². The maximum atomic E-state index is 13.5. The lowest BCUT2D eigenvalue weighted by molar-refractivity contribution is 0.582. The first kappa shape index (κ1) is 11.0. The Bertz CT molecular complexity index is 513. The second-order valence-electron chi connectivity index (χ2n) is 2.82. The first-order valence-corrected chi connectivity index (χ1v) is 5.80. The molecule has 2 rings (SSSR count). The maximum Gasteiger partial charge on any atom is 0.150 e. The third-order valence-corrected chi connectivity index (χ3v) is 2.95. The minimum Gasteiger partial charge on any atom is -0.237 e. The van der Waals surface area contributed by atoms with Crippen molar-refractivity contribution in [2.24, 2.45) is 0 Å². The van der Waals surface area contributed by atoms with E-state index in [1.807, 2.05) is 22.6 Å². The van der Waals surface area contributed by atoms with Gasteiger partial charge >= 0.3 is 0 Å². The van der Waals surface area contributed by atoms with Crippen molar-refractivity contribution in [2.45, 2.75) is 0 Å². The summed E-state index contributed by atoms with van der Waals surface area (Å²) >= 11 is 4.96. The minimum atomic E-state index is -0.525. The minimum absolute atomic E-state index is 0.0959. The van der Waals surface area contributed by atoms with Crippen LogP contribution in [0.5, 0.6) is 0 Å². The fraction of sp³-hybridized carbons (Fsp3) is 0. The Morgan fingerprint density at radius 2 is 2.00 bits per heavy atom. The average Bonchev–Trinajstić information content (AvgIpc) is 2.58. The molecule has 0 aliphatic carbocycles. The predicted octanol–water partition coefficient (Wildman–Crippen LogP) is 3.52. The molecular weight excluding hydrogens is 381 g/mol. The van der Waals surface area contributed by atoms with E-state index in [1.165, 1.54) is 4.68 Å². The molecule has 0 aliphatic rings. The van der Waals surface area contributed by atoms with Crippen LogP contribution < -0.4 is 0 Å². The third kappa shape index (κ3) is 2.20. The third-order valence-electron chi connectivity index (χ3n) is 1.79. The number of hydrogen-bond donors (Lipinski definition) is 0. The molecule has 1 heterocycles. The van der Waals surface area contributed by atoms with E-state index in [-0.39, 0.29) is 10.2 Å². The molecule has 0 bridgehead atoms. The van der Waals surface area contributed by atoms with E-state index in [2.05, 4.69) is 21.0 Å². The molecule has 6 heteroatoms. The van der Waals surface area contributed by atoms with E-state index in [1.54, 1.807) is 12.4 Å². The van der Waals surface area contributed by atoms with Crippen LogP contribution in [0, 0.1) is 15.2 Å². The van der Waals surface area contributed by atoms with Crippen molar-refractivity contribution in [1.82, 2.24) is 9.78 Å². The fourth-order valence-electron chi connectivity index (χ4n) is 1.12. The Labute approximate surface area is 107 Å². The second kappa shape index (κ2) is 4.17. The zero-order valence-corrected chi connectivity index (χ0v) is 11.0. The Balaban J connectivity index is 2.58. The van der Waals surface area contributed by atoms with Crippen LogP contribution in [0.2, 0.25) is 0 Å². The lowest BCUT2D eigenvalue weighted by atomic mass is 10.3. The van der Waals surface area contributed by atoms with Gasteiger partial charge in [-0.05, 0) is 44.6 Å². The van der Waals surface area contributed by atoms with Gasteiger partial charge in [0, 0.05) is 12.3 Å². The summed E-state index contributed by atoms with van der Waals surface area (Å²) < 4.78 is 28.9. The van der Waals surface area contributed by atoms with Crippen molar-refractivity contribution in [3.05, 3.63) is 44.2 Å². The standard InChI is InChI=1S/C9H4BrF2IN2/c10-6-1-8(12)9(2-7(6)11)15-4-5(13)3-14-15/h1-4H. The van der Waals surface area contributed by atoms with E-state index >= 15 is 0 Å². The van der Waals surface area contributed by atoms with Crippen molar-refractivity contribution < 1.29 is 8.78 Å². The summed E-state index contributed by atoms with van der Waals surface area (Å²) in [5.41, 5.74) is 0.0959. The molecular formula is C9H4BrF2IN2. The van der Waals surface area contributed by atoms with Gasteiger partial charge in [-0.1, -0.05) is 0 Å². The van der Waals surface area contributed by atoms with Gasteiger partial charge in [-0.25, -0.2) is 13.5 Å². The Hall–Kier alpha value is -0.500. The van der Waals surface area contributed by atoms with Crippen molar-refractivity contribution in [2.75, 3.05) is 0 Å². The summed E-state index contributed by atoms with van der Waals surface area (Å²) in [6.45, 7) is 0. The lowest BCUT2D eigenvalue weighted by Crippen LogP contribution is -1.99. The van der Waals surface area contributed by atoms with E-state index < -0.39 is 11.6 Å². The molecule has 2 aromatic rings. The van der Waals surface area contributed by atoms with Crippen LogP contribution in [-0.2, 0) is 0 Å². The summed E-state index contributed by atoms with van der Waals surface area (Å²) in [7, 11) is 0. The average molecular weight is 385 g/mol. The van der Waals surface area contributed by atoms with E-state index in [9.17, 15) is 8.78 Å². The van der Waals surface area contributed by atoms with Crippen LogP contribution in [0.3, 0.4) is 0 Å². The number of rotatable bonds is 1. The molecule has 1 aromatic carbocycles. The molecule has 0 radical (unpaired) electrons. The summed E-state index contributed by atoms with van der Waals surface area (Å²) in [4.78, 5) is 0. The normalized spacial score (nSPS) is 10.7. The summed E-state index contributed by atoms with van der Waals surface area (Å²) in [6.07, 6.45) is 3.19. The first-order chi connectivity index (χ1) is 7.08. The first-order valence-electron chi connectivity index (χ1n) is 3.93. The molecule has 2 nitrogen and oxygen atoms in total. The van der Waals surface area contributed by atoms with Crippen LogP contribution in [-0.4, -0.2) is 9.78 Å². The molecule has 0 saturated carbocycles. The van der Waals surface area contributed by atoms with Crippen LogP contribution in [0.1, 0.15) is 0 Å². The van der Waals surface area contributed by atoms with Gasteiger partial charge in [0.2, 0.25) is 0 Å². The number of benzene rings is 1. The topological polar surface area (TPSA) is 17.8 Å². The highest BCUT2D eigenvalue weighted by atomic mass is 127. The zero-order valence-electron chi connectivity index (χ0n) is 7.22. The van der Waals surface area contributed by atoms with Crippen LogP contribution >= 0.6 is 38.5 Å². The molecule has 78 valence electrons. The molecule has 0 N–H and O–H groups in total. The monoisotopic (exact) mass is 384 g/mol. The number of hydrogen-bond acceptors (Lipinski definition) is 1. The fourth-order valence-corrected chi connectivity index (χ4v) is 1.82. The highest BCUT2D eigenvalue weighted by Gasteiger charge is 2.10. The quantitative estimate of drug-likeness (QED) is 0.543. The second-order valence-corrected chi connectivity index (χ2v) is 4.92. The Morgan fingerprint density at radius 3 is 2.60 bits per heavy atom. The lowest BCUT2D eigenvalue weighted by Gasteiger charge is -2.04. The maximum absolute atomic E-state index is 13.5. The summed E-state index contributed by atoms with van der Waals surface area (Å²) in [5, 5.41) is 3.90. The Morgan fingerprint density at radius 1 is 1.27 bits per heavy atom. The smallest absolute Gasteiger partial charge is 0.150 e. The van der Waals surface area contributed by atoms with Crippen LogP contribution in [0.15, 0.2) is 29.0 Å². The molecule has 1 aromatic heterocycles.